The third kappa shape index (κ3) is 20.8. The number of nitrogens with two attached hydrogens (primary N) is 1. The Morgan fingerprint density at radius 3 is 1.89 bits per heavy atom. The van der Waals surface area contributed by atoms with Crippen LogP contribution in [0.25, 0.3) is 10.9 Å². The zero-order valence-corrected chi connectivity index (χ0v) is 45.8. The first-order valence-corrected chi connectivity index (χ1v) is 28.7. The maximum Gasteiger partial charge on any atom is 0.340 e. The molecule has 1 aromatic carbocycles. The Morgan fingerprint density at radius 2 is 1.33 bits per heavy atom. The lowest BCUT2D eigenvalue weighted by molar-refractivity contribution is -0.162. The fourth-order valence-electron chi connectivity index (χ4n) is 9.14. The predicted octanol–water partition coefficient (Wildman–Crippen LogP) is 9.37. The van der Waals surface area contributed by atoms with Gasteiger partial charge < -0.3 is 41.0 Å². The highest BCUT2D eigenvalue weighted by atomic mass is 31.2. The van der Waals surface area contributed by atoms with Gasteiger partial charge in [-0.25, -0.2) is 0 Å². The summed E-state index contributed by atoms with van der Waals surface area (Å²) in [5.41, 5.74) is 4.98. The first-order chi connectivity index (χ1) is 34.6. The Kier molecular flexibility index (Phi) is 24.9. The van der Waals surface area contributed by atoms with Crippen LogP contribution in [0.4, 0.5) is 0 Å². The molecular weight excluding hydrogens is 956 g/mol. The second-order valence-corrected chi connectivity index (χ2v) is 24.0. The molecule has 2 unspecified atom stereocenters. The Bertz CT molecular complexity index is 2150. The highest BCUT2D eigenvalue weighted by Gasteiger charge is 2.45. The number of H-pyrrole nitrogens is 1. The van der Waals surface area contributed by atoms with Crippen molar-refractivity contribution in [1.29, 1.82) is 0 Å². The molecule has 18 nitrogen and oxygen atoms in total. The first kappa shape index (κ1) is 60.8. The van der Waals surface area contributed by atoms with E-state index in [4.69, 9.17) is 24.3 Å². The number of rotatable bonds is 31. The van der Waals surface area contributed by atoms with Crippen molar-refractivity contribution >= 4 is 60.0 Å². The minimum atomic E-state index is -4.10. The Balaban J connectivity index is 1.34. The average Bonchev–Trinajstić information content (AvgIpc) is 3.95. The van der Waals surface area contributed by atoms with Gasteiger partial charge in [0.05, 0.1) is 17.0 Å². The molecule has 6 N–H and O–H groups in total. The largest absolute Gasteiger partial charge is 0.438 e. The quantitative estimate of drug-likeness (QED) is 0.0205. The minimum absolute atomic E-state index is 0.0187. The zero-order chi connectivity index (χ0) is 53.6. The number of hydrogen-bond acceptors (Lipinski definition) is 12. The van der Waals surface area contributed by atoms with E-state index in [0.29, 0.717) is 55.1 Å². The van der Waals surface area contributed by atoms with Crippen LogP contribution in [-0.4, -0.2) is 95.7 Å². The maximum absolute atomic E-state index is 14.4. The third-order valence-electron chi connectivity index (χ3n) is 13.5. The van der Waals surface area contributed by atoms with Crippen LogP contribution in [0.2, 0.25) is 0 Å². The van der Waals surface area contributed by atoms with E-state index in [2.05, 4.69) is 27.9 Å². The van der Waals surface area contributed by atoms with Crippen molar-refractivity contribution in [3.05, 3.63) is 35.5 Å². The van der Waals surface area contributed by atoms with Gasteiger partial charge in [-0.2, -0.15) is 0 Å². The summed E-state index contributed by atoms with van der Waals surface area (Å²) in [7, 11) is -4.10. The van der Waals surface area contributed by atoms with Crippen molar-refractivity contribution in [1.82, 2.24) is 25.8 Å². The lowest BCUT2D eigenvalue weighted by atomic mass is 9.98. The summed E-state index contributed by atoms with van der Waals surface area (Å²) in [6.07, 6.45) is 20.2. The van der Waals surface area contributed by atoms with Crippen LogP contribution in [0.5, 0.6) is 0 Å². The fraction of sp³-hybridized carbons (Fsp3) is 0.722. The predicted molar refractivity (Wildman–Crippen MR) is 280 cm³/mol. The molecule has 0 aliphatic carbocycles. The van der Waals surface area contributed by atoms with Gasteiger partial charge in [0.1, 0.15) is 23.8 Å². The average molecular weight is 1040 g/mol. The molecule has 5 amide bonds. The number of carbonyl (C=O) groups excluding carboxylic acids is 7. The van der Waals surface area contributed by atoms with E-state index in [0.717, 1.165) is 32.1 Å². The molecule has 4 atom stereocenters. The summed E-state index contributed by atoms with van der Waals surface area (Å²) < 4.78 is 35.4. The van der Waals surface area contributed by atoms with Gasteiger partial charge in [0.25, 0.3) is 5.91 Å². The molecule has 0 spiro atoms. The number of hydrogen-bond donors (Lipinski definition) is 5. The highest BCUT2D eigenvalue weighted by molar-refractivity contribution is 7.53. The molecule has 0 radical (unpaired) electrons. The number of esters is 2. The molecule has 2 fully saturated rings. The van der Waals surface area contributed by atoms with Gasteiger partial charge in [0.15, 0.2) is 0 Å². The molecule has 0 saturated carbocycles. The van der Waals surface area contributed by atoms with Crippen molar-refractivity contribution in [3.63, 3.8) is 0 Å². The van der Waals surface area contributed by atoms with Gasteiger partial charge in [-0.05, 0) is 104 Å². The zero-order valence-electron chi connectivity index (χ0n) is 44.9. The number of unbranched alkanes of at least 4 members (excludes halogenated alkanes) is 13. The van der Waals surface area contributed by atoms with Crippen LogP contribution in [0.3, 0.4) is 0 Å². The third-order valence-corrected chi connectivity index (χ3v) is 15.2. The Morgan fingerprint density at radius 1 is 0.767 bits per heavy atom. The number of primary amides is 1. The van der Waals surface area contributed by atoms with Crippen molar-refractivity contribution in [2.45, 2.75) is 220 Å². The lowest BCUT2D eigenvalue weighted by Gasteiger charge is -2.35. The van der Waals surface area contributed by atoms with Crippen LogP contribution >= 0.6 is 7.60 Å². The molecule has 4 rings (SSSR count). The van der Waals surface area contributed by atoms with Crippen molar-refractivity contribution in [2.24, 2.45) is 16.6 Å². The molecular formula is C54H87N6O12P. The van der Waals surface area contributed by atoms with Crippen molar-refractivity contribution in [2.75, 3.05) is 20.1 Å². The van der Waals surface area contributed by atoms with Gasteiger partial charge in [0.2, 0.25) is 37.2 Å². The van der Waals surface area contributed by atoms with Crippen molar-refractivity contribution < 1.29 is 56.6 Å². The van der Waals surface area contributed by atoms with E-state index in [1.165, 1.54) is 64.2 Å². The molecule has 19 heteroatoms. The van der Waals surface area contributed by atoms with E-state index < -0.39 is 85.7 Å². The minimum Gasteiger partial charge on any atom is -0.438 e. The molecule has 1 aromatic heterocycles. The van der Waals surface area contributed by atoms with Gasteiger partial charge in [0, 0.05) is 29.9 Å². The normalized spacial score (nSPS) is 17.8. The number of carbonyl (C=O) groups is 7. The van der Waals surface area contributed by atoms with Crippen LogP contribution in [0.15, 0.2) is 24.3 Å². The summed E-state index contributed by atoms with van der Waals surface area (Å²) in [6, 6.07) is 3.55. The molecule has 3 heterocycles. The van der Waals surface area contributed by atoms with E-state index in [1.54, 1.807) is 70.7 Å². The van der Waals surface area contributed by atoms with E-state index in [1.807, 2.05) is 0 Å². The van der Waals surface area contributed by atoms with E-state index in [-0.39, 0.29) is 36.6 Å². The lowest BCUT2D eigenvalue weighted by Crippen LogP contribution is -2.58. The van der Waals surface area contributed by atoms with Crippen LogP contribution < -0.4 is 21.7 Å². The van der Waals surface area contributed by atoms with Gasteiger partial charge in [-0.1, -0.05) is 109 Å². The second-order valence-electron chi connectivity index (χ2n) is 22.0. The number of fused-ring (bicyclic) bond motifs is 2. The number of nitrogens with one attached hydrogen (secondary N) is 4. The summed E-state index contributed by atoms with van der Waals surface area (Å²) in [6.45, 7) is 11.3. The monoisotopic (exact) mass is 1040 g/mol. The summed E-state index contributed by atoms with van der Waals surface area (Å²) >= 11 is 0. The standard InChI is InChI=1S/C54H87N6O12P/c1-8-9-10-11-12-13-14-15-16-17-18-19-20-23-32-56-47(62)42(29-31-46(55)61)58-49(64)45-30-27-40-24-21-22-25-43(50(65)60(40)45)59-48(63)44-34-39-33-38(26-28-41(39)57-44)35-73(68,71-36-69-51(66)53(2,3)4)72-37-70-52(67)54(5,6)7/h26,28,33-34,40,42-43,45,57H,8-25,27,29-32,35-37H2,1-7H3,(H2,55,61)(H,56,62)(H,58,64)(H,59,63)/t40?,42?,43-,45-/m0/s1. The molecule has 410 valence electrons. The Labute approximate surface area is 433 Å². The highest BCUT2D eigenvalue weighted by Crippen LogP contribution is 2.52. The molecule has 2 aliphatic heterocycles. The van der Waals surface area contributed by atoms with Crippen molar-refractivity contribution in [3.8, 4) is 0 Å². The smallest absolute Gasteiger partial charge is 0.340 e. The number of nitrogens with zero attached hydrogens (tertiary/aromatic N) is 1. The van der Waals surface area contributed by atoms with Gasteiger partial charge >= 0.3 is 19.5 Å². The number of aromatic nitrogens is 1. The topological polar surface area (TPSA) is 255 Å². The number of ether oxygens (including phenoxy) is 2. The fourth-order valence-corrected chi connectivity index (χ4v) is 10.5. The molecule has 0 bridgehead atoms. The van der Waals surface area contributed by atoms with E-state index >= 15 is 0 Å². The Hall–Kier alpha value is -4.80. The van der Waals surface area contributed by atoms with Crippen LogP contribution in [-0.2, 0) is 58.0 Å². The first-order valence-electron chi connectivity index (χ1n) is 27.0. The summed E-state index contributed by atoms with van der Waals surface area (Å²) in [5.74, 6) is -3.59. The second kappa shape index (κ2) is 29.9. The summed E-state index contributed by atoms with van der Waals surface area (Å²) in [4.78, 5) is 97.0. The number of aromatic amines is 1. The van der Waals surface area contributed by atoms with Crippen LogP contribution in [0.1, 0.15) is 206 Å². The maximum atomic E-state index is 14.4. The molecule has 2 saturated heterocycles. The number of amides is 5. The summed E-state index contributed by atoms with van der Waals surface area (Å²) in [5, 5.41) is 9.25. The van der Waals surface area contributed by atoms with Gasteiger partial charge in [-0.15, -0.1) is 0 Å². The van der Waals surface area contributed by atoms with Gasteiger partial charge in [-0.3, -0.25) is 47.2 Å². The SMILES string of the molecule is CCCCCCCCCCCCCCCCNC(=O)C(CCC(N)=O)NC(=O)[C@@H]1CCC2CCCC[C@H](NC(=O)c3cc4cc(CP(=O)(OCOC(=O)C(C)(C)C)OCOC(=O)C(C)(C)C)ccc4[nH]3)C(=O)N21. The van der Waals surface area contributed by atoms with E-state index in [9.17, 15) is 38.1 Å². The number of benzene rings is 1. The molecule has 73 heavy (non-hydrogen) atoms. The molecule has 2 aliphatic rings. The van der Waals surface area contributed by atoms with Crippen LogP contribution in [0, 0.1) is 10.8 Å². The molecule has 2 aromatic rings.